The highest BCUT2D eigenvalue weighted by molar-refractivity contribution is 5.70. The van der Waals surface area contributed by atoms with Crippen molar-refractivity contribution >= 4 is 5.97 Å². The number of esters is 1. The molecule has 1 aromatic carbocycles. The molecular weight excluding hydrogens is 268 g/mol. The van der Waals surface area contributed by atoms with E-state index in [1.807, 2.05) is 32.0 Å². The van der Waals surface area contributed by atoms with Crippen LogP contribution < -0.4 is 0 Å². The van der Waals surface area contributed by atoms with Gasteiger partial charge in [-0.25, -0.2) is 4.79 Å². The summed E-state index contributed by atoms with van der Waals surface area (Å²) in [6.07, 6.45) is 2.90. The minimum Gasteiger partial charge on any atom is -0.461 e. The summed E-state index contributed by atoms with van der Waals surface area (Å²) in [6, 6.07) is 10.1. The lowest BCUT2D eigenvalue weighted by Gasteiger charge is -2.08. The Kier molecular flexibility index (Phi) is 9.49. The van der Waals surface area contributed by atoms with Crippen LogP contribution in [0.1, 0.15) is 38.7 Å². The van der Waals surface area contributed by atoms with Crippen LogP contribution in [0, 0.1) is 0 Å². The highest BCUT2D eigenvalue weighted by atomic mass is 16.6. The van der Waals surface area contributed by atoms with Crippen LogP contribution in [-0.4, -0.2) is 31.9 Å². The van der Waals surface area contributed by atoms with Crippen molar-refractivity contribution in [3.05, 3.63) is 35.9 Å². The van der Waals surface area contributed by atoms with E-state index in [0.717, 1.165) is 25.9 Å². The lowest BCUT2D eigenvalue weighted by Crippen LogP contribution is -2.17. The molecule has 4 heteroatoms. The molecule has 0 spiro atoms. The summed E-state index contributed by atoms with van der Waals surface area (Å²) in [4.78, 5) is 11.2. The maximum absolute atomic E-state index is 11.2. The molecule has 0 aliphatic carbocycles. The molecule has 1 rings (SSSR count). The molecule has 0 heterocycles. The molecule has 0 aliphatic heterocycles. The topological polar surface area (TPSA) is 44.8 Å². The summed E-state index contributed by atoms with van der Waals surface area (Å²) >= 11 is 0. The molecule has 0 N–H and O–H groups in total. The molecule has 0 aliphatic rings. The lowest BCUT2D eigenvalue weighted by atomic mass is 10.2. The van der Waals surface area contributed by atoms with E-state index >= 15 is 0 Å². The first kappa shape index (κ1) is 17.7. The van der Waals surface area contributed by atoms with Gasteiger partial charge >= 0.3 is 5.97 Å². The zero-order chi connectivity index (χ0) is 15.3. The first-order valence-electron chi connectivity index (χ1n) is 7.57. The van der Waals surface area contributed by atoms with E-state index in [1.54, 1.807) is 0 Å². The Morgan fingerprint density at radius 3 is 2.33 bits per heavy atom. The summed E-state index contributed by atoms with van der Waals surface area (Å²) in [5, 5.41) is 0. The molecule has 1 aromatic rings. The second-order valence-electron chi connectivity index (χ2n) is 5.19. The van der Waals surface area contributed by atoms with Crippen LogP contribution >= 0.6 is 0 Å². The molecule has 0 saturated carbocycles. The fourth-order valence-corrected chi connectivity index (χ4v) is 1.80. The van der Waals surface area contributed by atoms with E-state index < -0.39 is 0 Å². The Balaban J connectivity index is 1.86. The van der Waals surface area contributed by atoms with Crippen LogP contribution in [0.4, 0.5) is 0 Å². The maximum atomic E-state index is 11.2. The van der Waals surface area contributed by atoms with Gasteiger partial charge in [0.1, 0.15) is 6.61 Å². The summed E-state index contributed by atoms with van der Waals surface area (Å²) in [5.74, 6) is -0.295. The first-order chi connectivity index (χ1) is 10.2. The molecule has 0 saturated heterocycles. The number of ether oxygens (including phenoxy) is 3. The van der Waals surface area contributed by atoms with Crippen molar-refractivity contribution in [1.82, 2.24) is 0 Å². The van der Waals surface area contributed by atoms with Gasteiger partial charge in [-0.1, -0.05) is 30.3 Å². The predicted molar refractivity (Wildman–Crippen MR) is 82.0 cm³/mol. The predicted octanol–water partition coefficient (Wildman–Crippen LogP) is 3.34. The van der Waals surface area contributed by atoms with Crippen molar-refractivity contribution in [3.8, 4) is 0 Å². The third kappa shape index (κ3) is 10.0. The standard InChI is InChI=1S/C17H26O4/c1-15(2)21-17(18)14-20-12-8-4-7-11-19-13-16-9-5-3-6-10-16/h3,5-6,9-10,15H,4,7-8,11-14H2,1-2H3. The smallest absolute Gasteiger partial charge is 0.332 e. The van der Waals surface area contributed by atoms with E-state index in [4.69, 9.17) is 14.2 Å². The molecule has 0 bridgehead atoms. The van der Waals surface area contributed by atoms with Gasteiger partial charge < -0.3 is 14.2 Å². The Labute approximate surface area is 127 Å². The van der Waals surface area contributed by atoms with Crippen LogP contribution in [0.25, 0.3) is 0 Å². The maximum Gasteiger partial charge on any atom is 0.332 e. The summed E-state index contributed by atoms with van der Waals surface area (Å²) in [5.41, 5.74) is 1.20. The zero-order valence-corrected chi connectivity index (χ0v) is 13.0. The van der Waals surface area contributed by atoms with Crippen molar-refractivity contribution in [3.63, 3.8) is 0 Å². The molecule has 0 aromatic heterocycles. The Bertz CT molecular complexity index is 376. The average molecular weight is 294 g/mol. The van der Waals surface area contributed by atoms with Gasteiger partial charge in [-0.2, -0.15) is 0 Å². The van der Waals surface area contributed by atoms with E-state index in [-0.39, 0.29) is 18.7 Å². The van der Waals surface area contributed by atoms with Gasteiger partial charge in [0.2, 0.25) is 0 Å². The van der Waals surface area contributed by atoms with Gasteiger partial charge in [-0.05, 0) is 38.7 Å². The first-order valence-corrected chi connectivity index (χ1v) is 7.57. The third-order valence-corrected chi connectivity index (χ3v) is 2.78. The SMILES string of the molecule is CC(C)OC(=O)COCCCCCOCc1ccccc1. The largest absolute Gasteiger partial charge is 0.461 e. The zero-order valence-electron chi connectivity index (χ0n) is 13.0. The van der Waals surface area contributed by atoms with Crippen molar-refractivity contribution in [2.75, 3.05) is 19.8 Å². The van der Waals surface area contributed by atoms with E-state index in [9.17, 15) is 4.79 Å². The minimum absolute atomic E-state index is 0.0443. The quantitative estimate of drug-likeness (QED) is 0.464. The van der Waals surface area contributed by atoms with Gasteiger partial charge in [0.25, 0.3) is 0 Å². The van der Waals surface area contributed by atoms with E-state index in [1.165, 1.54) is 5.56 Å². The number of benzene rings is 1. The average Bonchev–Trinajstić information content (AvgIpc) is 2.46. The van der Waals surface area contributed by atoms with Gasteiger partial charge in [-0.3, -0.25) is 0 Å². The lowest BCUT2D eigenvalue weighted by molar-refractivity contribution is -0.152. The fourth-order valence-electron chi connectivity index (χ4n) is 1.80. The highest BCUT2D eigenvalue weighted by Crippen LogP contribution is 2.02. The van der Waals surface area contributed by atoms with Crippen LogP contribution in [-0.2, 0) is 25.6 Å². The summed E-state index contributed by atoms with van der Waals surface area (Å²) < 4.78 is 15.8. The Hall–Kier alpha value is -1.39. The van der Waals surface area contributed by atoms with E-state index in [0.29, 0.717) is 13.2 Å². The number of carbonyl (C=O) groups excluding carboxylic acids is 1. The fraction of sp³-hybridized carbons (Fsp3) is 0.588. The number of rotatable bonds is 11. The molecule has 0 atom stereocenters. The van der Waals surface area contributed by atoms with Gasteiger partial charge in [-0.15, -0.1) is 0 Å². The van der Waals surface area contributed by atoms with Crippen molar-refractivity contribution < 1.29 is 19.0 Å². The van der Waals surface area contributed by atoms with Gasteiger partial charge in [0.05, 0.1) is 12.7 Å². The van der Waals surface area contributed by atoms with Crippen molar-refractivity contribution in [2.24, 2.45) is 0 Å². The highest BCUT2D eigenvalue weighted by Gasteiger charge is 2.04. The van der Waals surface area contributed by atoms with Crippen LogP contribution in [0.2, 0.25) is 0 Å². The second-order valence-corrected chi connectivity index (χ2v) is 5.19. The molecule has 118 valence electrons. The van der Waals surface area contributed by atoms with Crippen LogP contribution in [0.5, 0.6) is 0 Å². The monoisotopic (exact) mass is 294 g/mol. The third-order valence-electron chi connectivity index (χ3n) is 2.78. The molecule has 0 radical (unpaired) electrons. The number of hydrogen-bond donors (Lipinski definition) is 0. The minimum atomic E-state index is -0.295. The number of unbranched alkanes of at least 4 members (excludes halogenated alkanes) is 2. The molecular formula is C17H26O4. The Morgan fingerprint density at radius 1 is 1.00 bits per heavy atom. The number of hydrogen-bond acceptors (Lipinski definition) is 4. The summed E-state index contributed by atoms with van der Waals surface area (Å²) in [7, 11) is 0. The van der Waals surface area contributed by atoms with Crippen molar-refractivity contribution in [1.29, 1.82) is 0 Å². The van der Waals surface area contributed by atoms with Gasteiger partial charge in [0, 0.05) is 13.2 Å². The summed E-state index contributed by atoms with van der Waals surface area (Å²) in [6.45, 7) is 5.71. The molecule has 0 fully saturated rings. The molecule has 0 unspecified atom stereocenters. The normalized spacial score (nSPS) is 10.8. The van der Waals surface area contributed by atoms with Crippen LogP contribution in [0.15, 0.2) is 30.3 Å². The van der Waals surface area contributed by atoms with Gasteiger partial charge in [0.15, 0.2) is 0 Å². The second kappa shape index (κ2) is 11.3. The van der Waals surface area contributed by atoms with Crippen LogP contribution in [0.3, 0.4) is 0 Å². The van der Waals surface area contributed by atoms with E-state index in [2.05, 4.69) is 12.1 Å². The Morgan fingerprint density at radius 2 is 1.67 bits per heavy atom. The molecule has 0 amide bonds. The molecule has 4 nitrogen and oxygen atoms in total. The van der Waals surface area contributed by atoms with Crippen molar-refractivity contribution in [2.45, 2.75) is 45.8 Å². The number of carbonyl (C=O) groups is 1. The molecule has 21 heavy (non-hydrogen) atoms.